The van der Waals surface area contributed by atoms with Gasteiger partial charge in [-0.25, -0.2) is 9.69 Å². The molecular formula is C16H23N3O2. The van der Waals surface area contributed by atoms with Gasteiger partial charge in [-0.2, -0.15) is 0 Å². The lowest BCUT2D eigenvalue weighted by Crippen LogP contribution is -2.40. The number of nitrogens with zero attached hydrogens (tertiary/aromatic N) is 2. The van der Waals surface area contributed by atoms with Crippen LogP contribution in [-0.4, -0.2) is 41.5 Å². The second-order valence-corrected chi connectivity index (χ2v) is 5.70. The molecule has 0 bridgehead atoms. The molecule has 21 heavy (non-hydrogen) atoms. The molecule has 1 fully saturated rings. The van der Waals surface area contributed by atoms with Gasteiger partial charge in [0, 0.05) is 6.54 Å². The fourth-order valence-corrected chi connectivity index (χ4v) is 2.49. The molecule has 3 amide bonds. The third kappa shape index (κ3) is 3.82. The molecule has 0 aromatic heterocycles. The van der Waals surface area contributed by atoms with Crippen LogP contribution in [0.15, 0.2) is 24.3 Å². The predicted octanol–water partition coefficient (Wildman–Crippen LogP) is 2.10. The molecule has 0 radical (unpaired) electrons. The minimum atomic E-state index is -0.352. The van der Waals surface area contributed by atoms with E-state index in [9.17, 15) is 9.59 Å². The van der Waals surface area contributed by atoms with E-state index in [0.717, 1.165) is 6.42 Å². The van der Waals surface area contributed by atoms with E-state index in [1.165, 1.54) is 16.0 Å². The lowest BCUT2D eigenvalue weighted by Gasteiger charge is -2.22. The molecule has 5 heteroatoms. The van der Waals surface area contributed by atoms with E-state index >= 15 is 0 Å². The van der Waals surface area contributed by atoms with Crippen molar-refractivity contribution in [3.8, 4) is 0 Å². The van der Waals surface area contributed by atoms with Crippen molar-refractivity contribution in [2.75, 3.05) is 13.7 Å². The number of imide groups is 1. The Balaban J connectivity index is 1.93. The number of nitrogens with one attached hydrogen (secondary N) is 1. The summed E-state index contributed by atoms with van der Waals surface area (Å²) < 4.78 is 0. The molecule has 1 aliphatic heterocycles. The summed E-state index contributed by atoms with van der Waals surface area (Å²) in [5.74, 6) is -0.113. The van der Waals surface area contributed by atoms with Crippen molar-refractivity contribution in [3.63, 3.8) is 0 Å². The maximum atomic E-state index is 12.2. The Morgan fingerprint density at radius 3 is 2.52 bits per heavy atom. The van der Waals surface area contributed by atoms with Gasteiger partial charge in [0.2, 0.25) is 0 Å². The van der Waals surface area contributed by atoms with Crippen molar-refractivity contribution < 1.29 is 9.59 Å². The van der Waals surface area contributed by atoms with Crippen molar-refractivity contribution >= 4 is 11.9 Å². The van der Waals surface area contributed by atoms with Gasteiger partial charge in [-0.05, 0) is 26.0 Å². The third-order valence-corrected chi connectivity index (χ3v) is 3.64. The minimum absolute atomic E-state index is 0.113. The van der Waals surface area contributed by atoms with Gasteiger partial charge in [-0.15, -0.1) is 0 Å². The van der Waals surface area contributed by atoms with Crippen LogP contribution in [0.4, 0.5) is 4.79 Å². The zero-order valence-corrected chi connectivity index (χ0v) is 12.9. The molecule has 1 atom stereocenters. The van der Waals surface area contributed by atoms with Gasteiger partial charge >= 0.3 is 6.03 Å². The second-order valence-electron chi connectivity index (χ2n) is 5.70. The minimum Gasteiger partial charge on any atom is -0.326 e. The molecule has 1 N–H and O–H groups in total. The summed E-state index contributed by atoms with van der Waals surface area (Å²) in [6, 6.07) is 7.63. The van der Waals surface area contributed by atoms with Crippen LogP contribution in [0.25, 0.3) is 0 Å². The molecule has 2 rings (SSSR count). The van der Waals surface area contributed by atoms with Gasteiger partial charge in [-0.3, -0.25) is 9.69 Å². The number of aryl methyl sites for hydroxylation is 1. The molecule has 0 saturated carbocycles. The molecule has 1 aromatic rings. The standard InChI is InChI=1S/C16H23N3O2/c1-4-5-14-15(20)19(16(21)17-14)11-18(3)10-13-8-6-12(2)7-9-13/h6-9,14H,4-5,10-11H2,1-3H3,(H,17,21). The topological polar surface area (TPSA) is 52.7 Å². The van der Waals surface area contributed by atoms with Crippen LogP contribution in [0.2, 0.25) is 0 Å². The molecule has 1 aromatic carbocycles. The first-order valence-electron chi connectivity index (χ1n) is 7.37. The van der Waals surface area contributed by atoms with Gasteiger partial charge in [0.25, 0.3) is 5.91 Å². The van der Waals surface area contributed by atoms with Crippen molar-refractivity contribution in [1.82, 2.24) is 15.1 Å². The Labute approximate surface area is 125 Å². The second kappa shape index (κ2) is 6.72. The summed E-state index contributed by atoms with van der Waals surface area (Å²) in [5.41, 5.74) is 2.39. The summed E-state index contributed by atoms with van der Waals surface area (Å²) in [4.78, 5) is 27.3. The highest BCUT2D eigenvalue weighted by Crippen LogP contribution is 2.13. The molecule has 1 unspecified atom stereocenters. The number of urea groups is 1. The third-order valence-electron chi connectivity index (χ3n) is 3.64. The van der Waals surface area contributed by atoms with E-state index in [1.807, 2.05) is 18.9 Å². The zero-order chi connectivity index (χ0) is 15.4. The van der Waals surface area contributed by atoms with E-state index in [1.54, 1.807) is 0 Å². The number of amides is 3. The SMILES string of the molecule is CCCC1NC(=O)N(CN(C)Cc2ccc(C)cc2)C1=O. The first kappa shape index (κ1) is 15.5. The van der Waals surface area contributed by atoms with Gasteiger partial charge in [0.1, 0.15) is 6.04 Å². The van der Waals surface area contributed by atoms with Crippen LogP contribution >= 0.6 is 0 Å². The molecule has 0 spiro atoms. The van der Waals surface area contributed by atoms with E-state index in [0.29, 0.717) is 19.6 Å². The lowest BCUT2D eigenvalue weighted by molar-refractivity contribution is -0.129. The number of hydrogen-bond acceptors (Lipinski definition) is 3. The quantitative estimate of drug-likeness (QED) is 0.816. The van der Waals surface area contributed by atoms with Crippen molar-refractivity contribution in [2.24, 2.45) is 0 Å². The van der Waals surface area contributed by atoms with Gasteiger partial charge in [0.05, 0.1) is 6.67 Å². The summed E-state index contributed by atoms with van der Waals surface area (Å²) in [7, 11) is 1.91. The monoisotopic (exact) mass is 289 g/mol. The Morgan fingerprint density at radius 2 is 1.90 bits per heavy atom. The first-order valence-corrected chi connectivity index (χ1v) is 7.37. The normalized spacial score (nSPS) is 18.5. The van der Waals surface area contributed by atoms with E-state index in [-0.39, 0.29) is 18.0 Å². The molecule has 0 aliphatic carbocycles. The Hall–Kier alpha value is -1.88. The lowest BCUT2D eigenvalue weighted by atomic mass is 10.1. The maximum Gasteiger partial charge on any atom is 0.325 e. The number of carbonyl (C=O) groups is 2. The van der Waals surface area contributed by atoms with Gasteiger partial charge in [-0.1, -0.05) is 43.2 Å². The molecule has 114 valence electrons. The fourth-order valence-electron chi connectivity index (χ4n) is 2.49. The molecule has 1 saturated heterocycles. The maximum absolute atomic E-state index is 12.2. The van der Waals surface area contributed by atoms with Crippen LogP contribution in [0.5, 0.6) is 0 Å². The number of hydrogen-bond donors (Lipinski definition) is 1. The van der Waals surface area contributed by atoms with Crippen molar-refractivity contribution in [2.45, 2.75) is 39.3 Å². The highest BCUT2D eigenvalue weighted by Gasteiger charge is 2.37. The van der Waals surface area contributed by atoms with E-state index in [2.05, 4.69) is 36.5 Å². The number of carbonyl (C=O) groups excluding carboxylic acids is 2. The molecule has 1 heterocycles. The van der Waals surface area contributed by atoms with Gasteiger partial charge < -0.3 is 5.32 Å². The zero-order valence-electron chi connectivity index (χ0n) is 12.9. The van der Waals surface area contributed by atoms with Crippen LogP contribution < -0.4 is 5.32 Å². The molecular weight excluding hydrogens is 266 g/mol. The number of benzene rings is 1. The average molecular weight is 289 g/mol. The highest BCUT2D eigenvalue weighted by molar-refractivity contribution is 6.04. The van der Waals surface area contributed by atoms with Crippen LogP contribution in [0.3, 0.4) is 0 Å². The van der Waals surface area contributed by atoms with Crippen molar-refractivity contribution in [3.05, 3.63) is 35.4 Å². The number of rotatable bonds is 6. The predicted molar refractivity (Wildman–Crippen MR) is 81.6 cm³/mol. The molecule has 5 nitrogen and oxygen atoms in total. The summed E-state index contributed by atoms with van der Waals surface area (Å²) in [6.07, 6.45) is 1.58. The fraction of sp³-hybridized carbons (Fsp3) is 0.500. The van der Waals surface area contributed by atoms with Gasteiger partial charge in [0.15, 0.2) is 0 Å². The largest absolute Gasteiger partial charge is 0.326 e. The first-order chi connectivity index (χ1) is 10.0. The Kier molecular flexibility index (Phi) is 4.96. The van der Waals surface area contributed by atoms with Crippen molar-refractivity contribution in [1.29, 1.82) is 0 Å². The summed E-state index contributed by atoms with van der Waals surface area (Å²) in [5, 5.41) is 2.74. The summed E-state index contributed by atoms with van der Waals surface area (Å²) >= 11 is 0. The Bertz CT molecular complexity index is 513. The van der Waals surface area contributed by atoms with Crippen LogP contribution in [0.1, 0.15) is 30.9 Å². The van der Waals surface area contributed by atoms with Crippen LogP contribution in [0, 0.1) is 6.92 Å². The molecule has 1 aliphatic rings. The Morgan fingerprint density at radius 1 is 1.24 bits per heavy atom. The van der Waals surface area contributed by atoms with Crippen LogP contribution in [-0.2, 0) is 11.3 Å². The highest BCUT2D eigenvalue weighted by atomic mass is 16.2. The smallest absolute Gasteiger partial charge is 0.325 e. The summed E-state index contributed by atoms with van der Waals surface area (Å²) in [6.45, 7) is 5.08. The van der Waals surface area contributed by atoms with E-state index in [4.69, 9.17) is 0 Å². The van der Waals surface area contributed by atoms with E-state index < -0.39 is 0 Å². The average Bonchev–Trinajstić information content (AvgIpc) is 2.70.